The van der Waals surface area contributed by atoms with E-state index in [1.807, 2.05) is 31.2 Å². The summed E-state index contributed by atoms with van der Waals surface area (Å²) >= 11 is 4.98. The molecule has 0 aliphatic heterocycles. The molecule has 0 spiro atoms. The standard InChI is InChI=1S/C12H16N2OS/c1-3-11(15)14-12(16)13-8-10-6-4-9(2)5-7-10/h4-7H,3,8H2,1-2H3,(H2,13,14,15,16). The molecule has 1 aromatic carbocycles. The Morgan fingerprint density at radius 2 is 1.94 bits per heavy atom. The van der Waals surface area contributed by atoms with E-state index >= 15 is 0 Å². The average Bonchev–Trinajstić information content (AvgIpc) is 2.28. The van der Waals surface area contributed by atoms with E-state index in [2.05, 4.69) is 10.6 Å². The van der Waals surface area contributed by atoms with Gasteiger partial charge in [-0.3, -0.25) is 4.79 Å². The molecule has 1 amide bonds. The first-order valence-corrected chi connectivity index (χ1v) is 5.66. The molecular formula is C12H16N2OS. The van der Waals surface area contributed by atoms with Crippen molar-refractivity contribution < 1.29 is 4.79 Å². The molecule has 0 radical (unpaired) electrons. The van der Waals surface area contributed by atoms with Crippen LogP contribution < -0.4 is 10.6 Å². The maximum atomic E-state index is 11.0. The summed E-state index contributed by atoms with van der Waals surface area (Å²) in [4.78, 5) is 11.0. The van der Waals surface area contributed by atoms with Gasteiger partial charge in [-0.25, -0.2) is 0 Å². The number of aryl methyl sites for hydroxylation is 1. The van der Waals surface area contributed by atoms with Crippen LogP contribution in [-0.4, -0.2) is 11.0 Å². The summed E-state index contributed by atoms with van der Waals surface area (Å²) in [5, 5.41) is 5.96. The van der Waals surface area contributed by atoms with Gasteiger partial charge in [-0.15, -0.1) is 0 Å². The van der Waals surface area contributed by atoms with Crippen molar-refractivity contribution >= 4 is 23.2 Å². The number of thiocarbonyl (C=S) groups is 1. The van der Waals surface area contributed by atoms with E-state index in [-0.39, 0.29) is 5.91 Å². The van der Waals surface area contributed by atoms with Crippen molar-refractivity contribution in [1.82, 2.24) is 10.6 Å². The topological polar surface area (TPSA) is 41.1 Å². The van der Waals surface area contributed by atoms with Gasteiger partial charge >= 0.3 is 0 Å². The van der Waals surface area contributed by atoms with Crippen LogP contribution in [0.3, 0.4) is 0 Å². The lowest BCUT2D eigenvalue weighted by Crippen LogP contribution is -2.38. The van der Waals surface area contributed by atoms with E-state index in [9.17, 15) is 4.79 Å². The van der Waals surface area contributed by atoms with Crippen molar-refractivity contribution in [2.45, 2.75) is 26.8 Å². The molecule has 1 rings (SSSR count). The zero-order chi connectivity index (χ0) is 12.0. The minimum absolute atomic E-state index is 0.0681. The molecule has 1 aromatic rings. The number of nitrogens with one attached hydrogen (secondary N) is 2. The fourth-order valence-electron chi connectivity index (χ4n) is 1.15. The SMILES string of the molecule is CCC(=O)NC(=S)NCc1ccc(C)cc1. The molecule has 16 heavy (non-hydrogen) atoms. The van der Waals surface area contributed by atoms with Gasteiger partial charge in [0.2, 0.25) is 5.91 Å². The molecule has 2 N–H and O–H groups in total. The normalized spacial score (nSPS) is 9.62. The van der Waals surface area contributed by atoms with Crippen molar-refractivity contribution in [2.24, 2.45) is 0 Å². The summed E-state index contributed by atoms with van der Waals surface area (Å²) in [6.07, 6.45) is 0.437. The number of rotatable bonds is 3. The van der Waals surface area contributed by atoms with Crippen molar-refractivity contribution in [3.05, 3.63) is 35.4 Å². The quantitative estimate of drug-likeness (QED) is 0.788. The Morgan fingerprint density at radius 3 is 2.50 bits per heavy atom. The predicted molar refractivity (Wildman–Crippen MR) is 69.1 cm³/mol. The first kappa shape index (κ1) is 12.6. The lowest BCUT2D eigenvalue weighted by Gasteiger charge is -2.08. The molecule has 0 atom stereocenters. The van der Waals surface area contributed by atoms with Crippen LogP contribution in [0, 0.1) is 6.92 Å². The number of benzene rings is 1. The maximum Gasteiger partial charge on any atom is 0.225 e. The van der Waals surface area contributed by atoms with Crippen LogP contribution in [0.5, 0.6) is 0 Å². The zero-order valence-corrected chi connectivity index (χ0v) is 10.4. The van der Waals surface area contributed by atoms with Crippen molar-refractivity contribution in [3.63, 3.8) is 0 Å². The summed E-state index contributed by atoms with van der Waals surface area (Å²) < 4.78 is 0. The monoisotopic (exact) mass is 236 g/mol. The van der Waals surface area contributed by atoms with Crippen LogP contribution in [-0.2, 0) is 11.3 Å². The van der Waals surface area contributed by atoms with Gasteiger partial charge in [0, 0.05) is 13.0 Å². The fraction of sp³-hybridized carbons (Fsp3) is 0.333. The summed E-state index contributed by atoms with van der Waals surface area (Å²) in [7, 11) is 0. The van der Waals surface area contributed by atoms with Crippen LogP contribution in [0.1, 0.15) is 24.5 Å². The van der Waals surface area contributed by atoms with Gasteiger partial charge in [0.15, 0.2) is 5.11 Å². The van der Waals surface area contributed by atoms with Gasteiger partial charge < -0.3 is 10.6 Å². The highest BCUT2D eigenvalue weighted by atomic mass is 32.1. The second kappa shape index (κ2) is 6.23. The Kier molecular flexibility index (Phi) is 4.92. The molecular weight excluding hydrogens is 220 g/mol. The molecule has 0 unspecified atom stereocenters. The second-order valence-corrected chi connectivity index (χ2v) is 3.98. The van der Waals surface area contributed by atoms with E-state index in [0.29, 0.717) is 18.1 Å². The third-order valence-electron chi connectivity index (χ3n) is 2.15. The highest BCUT2D eigenvalue weighted by Gasteiger charge is 2.00. The van der Waals surface area contributed by atoms with Gasteiger partial charge in [0.25, 0.3) is 0 Å². The lowest BCUT2D eigenvalue weighted by atomic mass is 10.1. The zero-order valence-electron chi connectivity index (χ0n) is 9.54. The highest BCUT2D eigenvalue weighted by Crippen LogP contribution is 2.02. The molecule has 0 saturated carbocycles. The van der Waals surface area contributed by atoms with Crippen LogP contribution in [0.25, 0.3) is 0 Å². The lowest BCUT2D eigenvalue weighted by molar-refractivity contribution is -0.119. The van der Waals surface area contributed by atoms with E-state index < -0.39 is 0 Å². The van der Waals surface area contributed by atoms with Gasteiger partial charge in [-0.05, 0) is 24.7 Å². The second-order valence-electron chi connectivity index (χ2n) is 3.57. The molecule has 0 fully saturated rings. The molecule has 0 aliphatic carbocycles. The number of carbonyl (C=O) groups excluding carboxylic acids is 1. The van der Waals surface area contributed by atoms with Crippen molar-refractivity contribution in [2.75, 3.05) is 0 Å². The molecule has 4 heteroatoms. The number of hydrogen-bond acceptors (Lipinski definition) is 2. The number of carbonyl (C=O) groups is 1. The third kappa shape index (κ3) is 4.40. The van der Waals surface area contributed by atoms with Crippen molar-refractivity contribution in [1.29, 1.82) is 0 Å². The molecule has 86 valence electrons. The molecule has 0 heterocycles. The smallest absolute Gasteiger partial charge is 0.225 e. The molecule has 0 aromatic heterocycles. The van der Waals surface area contributed by atoms with Crippen LogP contribution in [0.15, 0.2) is 24.3 Å². The van der Waals surface area contributed by atoms with Crippen LogP contribution in [0.2, 0.25) is 0 Å². The molecule has 0 saturated heterocycles. The van der Waals surface area contributed by atoms with Crippen LogP contribution in [0.4, 0.5) is 0 Å². The van der Waals surface area contributed by atoms with E-state index in [1.165, 1.54) is 5.56 Å². The maximum absolute atomic E-state index is 11.0. The van der Waals surface area contributed by atoms with Gasteiger partial charge in [-0.2, -0.15) is 0 Å². The Balaban J connectivity index is 2.37. The minimum Gasteiger partial charge on any atom is -0.358 e. The van der Waals surface area contributed by atoms with E-state index in [0.717, 1.165) is 5.56 Å². The van der Waals surface area contributed by atoms with E-state index in [1.54, 1.807) is 6.92 Å². The van der Waals surface area contributed by atoms with Crippen LogP contribution >= 0.6 is 12.2 Å². The minimum atomic E-state index is -0.0681. The Hall–Kier alpha value is -1.42. The fourth-order valence-corrected chi connectivity index (χ4v) is 1.33. The Morgan fingerprint density at radius 1 is 1.31 bits per heavy atom. The van der Waals surface area contributed by atoms with Gasteiger partial charge in [-0.1, -0.05) is 36.8 Å². The first-order valence-electron chi connectivity index (χ1n) is 5.25. The third-order valence-corrected chi connectivity index (χ3v) is 2.39. The summed E-state index contributed by atoms with van der Waals surface area (Å²) in [5.41, 5.74) is 2.37. The molecule has 0 aliphatic rings. The van der Waals surface area contributed by atoms with Crippen molar-refractivity contribution in [3.8, 4) is 0 Å². The average molecular weight is 236 g/mol. The largest absolute Gasteiger partial charge is 0.358 e. The summed E-state index contributed by atoms with van der Waals surface area (Å²) in [5.74, 6) is -0.0681. The van der Waals surface area contributed by atoms with Gasteiger partial charge in [0.1, 0.15) is 0 Å². The number of amides is 1. The Labute approximate surface area is 101 Å². The summed E-state index contributed by atoms with van der Waals surface area (Å²) in [6, 6.07) is 8.16. The molecule has 3 nitrogen and oxygen atoms in total. The van der Waals surface area contributed by atoms with E-state index in [4.69, 9.17) is 12.2 Å². The first-order chi connectivity index (χ1) is 7.61. The Bertz CT molecular complexity index is 373. The number of hydrogen-bond donors (Lipinski definition) is 2. The predicted octanol–water partition coefficient (Wildman–Crippen LogP) is 1.90. The summed E-state index contributed by atoms with van der Waals surface area (Å²) in [6.45, 7) is 4.46. The molecule has 0 bridgehead atoms. The highest BCUT2D eigenvalue weighted by molar-refractivity contribution is 7.80. The van der Waals surface area contributed by atoms with Gasteiger partial charge in [0.05, 0.1) is 0 Å².